The standard InChI is InChI=1S/C15H15FN4S/c1-9-19-14(18-7-6-17)13-12(8-21-15(13)20-9)10-2-4-11(16)5-3-10/h2-5,8H,6-7,17H2,1H3,(H,18,19,20). The smallest absolute Gasteiger partial charge is 0.139 e. The van der Waals surface area contributed by atoms with E-state index in [9.17, 15) is 4.39 Å². The summed E-state index contributed by atoms with van der Waals surface area (Å²) in [6.07, 6.45) is 0. The van der Waals surface area contributed by atoms with E-state index in [-0.39, 0.29) is 5.82 Å². The van der Waals surface area contributed by atoms with E-state index >= 15 is 0 Å². The zero-order valence-corrected chi connectivity index (χ0v) is 12.4. The number of nitrogens with zero attached hydrogens (tertiary/aromatic N) is 2. The van der Waals surface area contributed by atoms with Crippen molar-refractivity contribution < 1.29 is 4.39 Å². The van der Waals surface area contributed by atoms with E-state index in [1.165, 1.54) is 12.1 Å². The van der Waals surface area contributed by atoms with E-state index in [1.807, 2.05) is 12.3 Å². The Morgan fingerprint density at radius 2 is 2.00 bits per heavy atom. The van der Waals surface area contributed by atoms with Crippen molar-refractivity contribution in [2.45, 2.75) is 6.92 Å². The van der Waals surface area contributed by atoms with Crippen LogP contribution in [0.15, 0.2) is 29.6 Å². The molecule has 0 radical (unpaired) electrons. The topological polar surface area (TPSA) is 63.8 Å². The van der Waals surface area contributed by atoms with Crippen molar-refractivity contribution in [1.82, 2.24) is 9.97 Å². The molecule has 0 aliphatic rings. The van der Waals surface area contributed by atoms with Crippen LogP contribution in [0.25, 0.3) is 21.3 Å². The van der Waals surface area contributed by atoms with Crippen molar-refractivity contribution >= 4 is 27.4 Å². The number of fused-ring (bicyclic) bond motifs is 1. The molecule has 21 heavy (non-hydrogen) atoms. The number of hydrogen-bond donors (Lipinski definition) is 2. The lowest BCUT2D eigenvalue weighted by atomic mass is 10.1. The Kier molecular flexibility index (Phi) is 3.81. The first-order chi connectivity index (χ1) is 10.2. The molecule has 3 rings (SSSR count). The van der Waals surface area contributed by atoms with Gasteiger partial charge < -0.3 is 11.1 Å². The highest BCUT2D eigenvalue weighted by atomic mass is 32.1. The van der Waals surface area contributed by atoms with Crippen LogP contribution in [0.4, 0.5) is 10.2 Å². The maximum Gasteiger partial charge on any atom is 0.139 e. The van der Waals surface area contributed by atoms with Gasteiger partial charge >= 0.3 is 0 Å². The largest absolute Gasteiger partial charge is 0.368 e. The molecule has 3 aromatic rings. The molecule has 108 valence electrons. The molecule has 0 amide bonds. The molecular formula is C15H15FN4S. The molecule has 0 unspecified atom stereocenters. The Morgan fingerprint density at radius 1 is 1.24 bits per heavy atom. The first-order valence-electron chi connectivity index (χ1n) is 6.65. The Balaban J connectivity index is 2.17. The quantitative estimate of drug-likeness (QED) is 0.777. The van der Waals surface area contributed by atoms with Gasteiger partial charge in [0.25, 0.3) is 0 Å². The van der Waals surface area contributed by atoms with Gasteiger partial charge in [-0.3, -0.25) is 0 Å². The van der Waals surface area contributed by atoms with Gasteiger partial charge in [-0.05, 0) is 24.6 Å². The fraction of sp³-hybridized carbons (Fsp3) is 0.200. The summed E-state index contributed by atoms with van der Waals surface area (Å²) in [7, 11) is 0. The first kappa shape index (κ1) is 13.9. The van der Waals surface area contributed by atoms with Crippen molar-refractivity contribution in [1.29, 1.82) is 0 Å². The summed E-state index contributed by atoms with van der Waals surface area (Å²) >= 11 is 1.56. The van der Waals surface area contributed by atoms with Crippen LogP contribution in [0.5, 0.6) is 0 Å². The molecule has 0 fully saturated rings. The van der Waals surface area contributed by atoms with Gasteiger partial charge in [0.05, 0.1) is 5.39 Å². The van der Waals surface area contributed by atoms with Crippen LogP contribution in [0.3, 0.4) is 0 Å². The number of anilines is 1. The van der Waals surface area contributed by atoms with Crippen molar-refractivity contribution in [2.75, 3.05) is 18.4 Å². The van der Waals surface area contributed by atoms with Crippen molar-refractivity contribution in [3.05, 3.63) is 41.3 Å². The van der Waals surface area contributed by atoms with E-state index in [1.54, 1.807) is 23.5 Å². The fourth-order valence-electron chi connectivity index (χ4n) is 2.21. The second-order valence-electron chi connectivity index (χ2n) is 4.67. The Labute approximate surface area is 125 Å². The second kappa shape index (κ2) is 5.75. The second-order valence-corrected chi connectivity index (χ2v) is 5.53. The fourth-order valence-corrected chi connectivity index (χ4v) is 3.20. The summed E-state index contributed by atoms with van der Waals surface area (Å²) in [5, 5.41) is 6.23. The van der Waals surface area contributed by atoms with Gasteiger partial charge in [-0.1, -0.05) is 12.1 Å². The molecule has 3 N–H and O–H groups in total. The summed E-state index contributed by atoms with van der Waals surface area (Å²) in [6.45, 7) is 3.04. The lowest BCUT2D eigenvalue weighted by Gasteiger charge is -2.08. The van der Waals surface area contributed by atoms with Crippen LogP contribution in [-0.4, -0.2) is 23.1 Å². The molecule has 1 aromatic carbocycles. The number of nitrogens with two attached hydrogens (primary N) is 1. The molecule has 0 aliphatic carbocycles. The van der Waals surface area contributed by atoms with Crippen LogP contribution >= 0.6 is 11.3 Å². The average molecular weight is 302 g/mol. The Hall–Kier alpha value is -2.05. The van der Waals surface area contributed by atoms with Crippen LogP contribution in [-0.2, 0) is 0 Å². The van der Waals surface area contributed by atoms with Gasteiger partial charge in [0.2, 0.25) is 0 Å². The highest BCUT2D eigenvalue weighted by Crippen LogP contribution is 2.36. The number of thiophene rings is 1. The van der Waals surface area contributed by atoms with Crippen molar-refractivity contribution in [2.24, 2.45) is 5.73 Å². The molecule has 0 aliphatic heterocycles. The monoisotopic (exact) mass is 302 g/mol. The number of aryl methyl sites for hydroxylation is 1. The number of aromatic nitrogens is 2. The van der Waals surface area contributed by atoms with Gasteiger partial charge in [0, 0.05) is 24.0 Å². The molecule has 2 heterocycles. The van der Waals surface area contributed by atoms with Crippen molar-refractivity contribution in [3.8, 4) is 11.1 Å². The molecule has 0 bridgehead atoms. The van der Waals surface area contributed by atoms with E-state index in [0.29, 0.717) is 13.1 Å². The lowest BCUT2D eigenvalue weighted by Crippen LogP contribution is -2.14. The molecular weight excluding hydrogens is 287 g/mol. The zero-order valence-electron chi connectivity index (χ0n) is 11.6. The summed E-state index contributed by atoms with van der Waals surface area (Å²) in [4.78, 5) is 9.86. The third kappa shape index (κ3) is 2.72. The molecule has 6 heteroatoms. The van der Waals surface area contributed by atoms with Gasteiger partial charge in [0.15, 0.2) is 0 Å². The highest BCUT2D eigenvalue weighted by Gasteiger charge is 2.14. The van der Waals surface area contributed by atoms with Crippen LogP contribution in [0.2, 0.25) is 0 Å². The minimum absolute atomic E-state index is 0.244. The van der Waals surface area contributed by atoms with E-state index in [2.05, 4.69) is 15.3 Å². The number of halogens is 1. The van der Waals surface area contributed by atoms with Gasteiger partial charge in [-0.2, -0.15) is 0 Å². The number of hydrogen-bond acceptors (Lipinski definition) is 5. The van der Waals surface area contributed by atoms with Crippen LogP contribution < -0.4 is 11.1 Å². The predicted octanol–water partition coefficient (Wildman–Crippen LogP) is 3.18. The molecule has 0 saturated heterocycles. The molecule has 2 aromatic heterocycles. The van der Waals surface area contributed by atoms with Crippen LogP contribution in [0.1, 0.15) is 5.82 Å². The summed E-state index contributed by atoms with van der Waals surface area (Å²) in [5.41, 5.74) is 7.51. The highest BCUT2D eigenvalue weighted by molar-refractivity contribution is 7.17. The predicted molar refractivity (Wildman–Crippen MR) is 85.1 cm³/mol. The maximum atomic E-state index is 13.1. The van der Waals surface area contributed by atoms with Crippen molar-refractivity contribution in [3.63, 3.8) is 0 Å². The van der Waals surface area contributed by atoms with Crippen LogP contribution in [0, 0.1) is 12.7 Å². The van der Waals surface area contributed by atoms with E-state index in [0.717, 1.165) is 33.0 Å². The Bertz CT molecular complexity index is 767. The lowest BCUT2D eigenvalue weighted by molar-refractivity contribution is 0.628. The molecule has 4 nitrogen and oxygen atoms in total. The zero-order chi connectivity index (χ0) is 14.8. The Morgan fingerprint density at radius 3 is 2.71 bits per heavy atom. The maximum absolute atomic E-state index is 13.1. The minimum Gasteiger partial charge on any atom is -0.368 e. The van der Waals surface area contributed by atoms with Gasteiger partial charge in [-0.15, -0.1) is 11.3 Å². The molecule has 0 saturated carbocycles. The first-order valence-corrected chi connectivity index (χ1v) is 7.52. The molecule has 0 spiro atoms. The SMILES string of the molecule is Cc1nc(NCCN)c2c(-c3ccc(F)cc3)csc2n1. The third-order valence-electron chi connectivity index (χ3n) is 3.14. The van der Waals surface area contributed by atoms with Gasteiger partial charge in [0.1, 0.15) is 22.3 Å². The number of rotatable bonds is 4. The third-order valence-corrected chi connectivity index (χ3v) is 4.01. The molecule has 0 atom stereocenters. The summed E-state index contributed by atoms with van der Waals surface area (Å²) < 4.78 is 13.1. The van der Waals surface area contributed by atoms with Gasteiger partial charge in [-0.25, -0.2) is 14.4 Å². The normalized spacial score (nSPS) is 11.0. The average Bonchev–Trinajstić information content (AvgIpc) is 2.89. The number of nitrogens with one attached hydrogen (secondary N) is 1. The van der Waals surface area contributed by atoms with E-state index in [4.69, 9.17) is 5.73 Å². The number of benzene rings is 1. The summed E-state index contributed by atoms with van der Waals surface area (Å²) in [6, 6.07) is 6.45. The summed E-state index contributed by atoms with van der Waals surface area (Å²) in [5.74, 6) is 1.25. The minimum atomic E-state index is -0.244. The van der Waals surface area contributed by atoms with E-state index < -0.39 is 0 Å².